The van der Waals surface area contributed by atoms with Gasteiger partial charge < -0.3 is 14.7 Å². The van der Waals surface area contributed by atoms with E-state index in [0.717, 1.165) is 12.1 Å². The first-order chi connectivity index (χ1) is 15.1. The minimum absolute atomic E-state index is 0.203. The van der Waals surface area contributed by atoms with E-state index in [-0.39, 0.29) is 17.7 Å². The summed E-state index contributed by atoms with van der Waals surface area (Å²) in [7, 11) is -4.23. The number of hydrogen-bond acceptors (Lipinski definition) is 6. The van der Waals surface area contributed by atoms with E-state index >= 15 is 0 Å². The molecular formula is C21H27FN4O5S. The second kappa shape index (κ2) is 9.78. The summed E-state index contributed by atoms with van der Waals surface area (Å²) in [5.41, 5.74) is 0. The summed E-state index contributed by atoms with van der Waals surface area (Å²) in [5.74, 6) is -1.23. The summed E-state index contributed by atoms with van der Waals surface area (Å²) < 4.78 is 46.7. The van der Waals surface area contributed by atoms with Crippen LogP contribution < -0.4 is 10.0 Å². The zero-order chi connectivity index (χ0) is 23.5. The number of nitrogens with zero attached hydrogens (tertiary/aromatic N) is 2. The van der Waals surface area contributed by atoms with Crippen molar-refractivity contribution >= 4 is 27.7 Å². The third kappa shape index (κ3) is 5.52. The van der Waals surface area contributed by atoms with Gasteiger partial charge in [-0.2, -0.15) is 4.72 Å². The van der Waals surface area contributed by atoms with Gasteiger partial charge in [-0.15, -0.1) is 0 Å². The highest BCUT2D eigenvalue weighted by molar-refractivity contribution is 7.89. The predicted octanol–water partition coefficient (Wildman–Crippen LogP) is 2.30. The van der Waals surface area contributed by atoms with E-state index in [1.165, 1.54) is 12.1 Å². The first kappa shape index (κ1) is 23.9. The lowest BCUT2D eigenvalue weighted by Gasteiger charge is -2.34. The van der Waals surface area contributed by atoms with Crippen molar-refractivity contribution < 1.29 is 26.9 Å². The lowest BCUT2D eigenvalue weighted by atomic mass is 9.94. The van der Waals surface area contributed by atoms with E-state index in [9.17, 15) is 22.4 Å². The molecule has 0 bridgehead atoms. The van der Waals surface area contributed by atoms with E-state index < -0.39 is 32.7 Å². The number of halogens is 1. The number of nitrogens with one attached hydrogen (secondary N) is 2. The molecule has 0 spiro atoms. The topological polar surface area (TPSA) is 122 Å². The number of sulfonamides is 1. The molecular weight excluding hydrogens is 439 g/mol. The highest BCUT2D eigenvalue weighted by atomic mass is 32.2. The van der Waals surface area contributed by atoms with Gasteiger partial charge in [-0.1, -0.05) is 31.1 Å². The van der Waals surface area contributed by atoms with Crippen molar-refractivity contribution in [2.45, 2.75) is 44.6 Å². The van der Waals surface area contributed by atoms with Crippen LogP contribution in [0.2, 0.25) is 0 Å². The van der Waals surface area contributed by atoms with Crippen LogP contribution in [0.1, 0.15) is 32.4 Å². The zero-order valence-electron chi connectivity index (χ0n) is 18.2. The second-order valence-electron chi connectivity index (χ2n) is 8.19. The minimum atomic E-state index is -4.23. The number of aromatic nitrogens is 1. The van der Waals surface area contributed by atoms with Crippen LogP contribution >= 0.6 is 0 Å². The maximum absolute atomic E-state index is 14.0. The van der Waals surface area contributed by atoms with Crippen molar-refractivity contribution in [2.24, 2.45) is 11.8 Å². The van der Waals surface area contributed by atoms with Crippen molar-refractivity contribution in [3.63, 3.8) is 0 Å². The summed E-state index contributed by atoms with van der Waals surface area (Å²) >= 11 is 0. The fraction of sp³-hybridized carbons (Fsp3) is 0.476. The average Bonchev–Trinajstić information content (AvgIpc) is 3.16. The van der Waals surface area contributed by atoms with Crippen molar-refractivity contribution in [3.05, 3.63) is 41.9 Å². The van der Waals surface area contributed by atoms with Crippen LogP contribution in [0, 0.1) is 24.6 Å². The van der Waals surface area contributed by atoms with Crippen LogP contribution in [-0.2, 0) is 19.6 Å². The SMILES string of the molecule is Cc1cc(NC(=O)C2CCN(C(=O)[C@@H](NS(=O)(=O)c3ccccc3F)C(C)C)CC2)no1. The van der Waals surface area contributed by atoms with Crippen LogP contribution in [0.4, 0.5) is 10.2 Å². The van der Waals surface area contributed by atoms with E-state index in [2.05, 4.69) is 15.2 Å². The quantitative estimate of drug-likeness (QED) is 0.646. The molecule has 2 N–H and O–H groups in total. The van der Waals surface area contributed by atoms with Crippen LogP contribution in [0.3, 0.4) is 0 Å². The summed E-state index contributed by atoms with van der Waals surface area (Å²) in [6, 6.07) is 5.58. The Hall–Kier alpha value is -2.79. The molecule has 1 saturated heterocycles. The smallest absolute Gasteiger partial charge is 0.244 e. The van der Waals surface area contributed by atoms with E-state index in [4.69, 9.17) is 4.52 Å². The fourth-order valence-electron chi connectivity index (χ4n) is 3.58. The number of benzene rings is 1. The fourth-order valence-corrected chi connectivity index (χ4v) is 4.99. The molecule has 1 aromatic heterocycles. The number of anilines is 1. The summed E-state index contributed by atoms with van der Waals surface area (Å²) in [4.78, 5) is 26.6. The molecule has 11 heteroatoms. The Morgan fingerprint density at radius 3 is 2.44 bits per heavy atom. The summed E-state index contributed by atoms with van der Waals surface area (Å²) in [5, 5.41) is 6.44. The molecule has 0 saturated carbocycles. The lowest BCUT2D eigenvalue weighted by Crippen LogP contribution is -2.53. The Kier molecular flexibility index (Phi) is 7.29. The van der Waals surface area contributed by atoms with Gasteiger partial charge in [-0.25, -0.2) is 12.8 Å². The number of carbonyl (C=O) groups excluding carboxylic acids is 2. The van der Waals surface area contributed by atoms with Gasteiger partial charge in [0.2, 0.25) is 21.8 Å². The molecule has 2 amide bonds. The van der Waals surface area contributed by atoms with E-state index in [1.54, 1.807) is 31.7 Å². The molecule has 2 heterocycles. The maximum Gasteiger partial charge on any atom is 0.244 e. The molecule has 1 aliphatic rings. The monoisotopic (exact) mass is 466 g/mol. The van der Waals surface area contributed by atoms with Crippen molar-refractivity contribution in [2.75, 3.05) is 18.4 Å². The van der Waals surface area contributed by atoms with Crippen LogP contribution in [0.25, 0.3) is 0 Å². The first-order valence-electron chi connectivity index (χ1n) is 10.4. The third-order valence-corrected chi connectivity index (χ3v) is 6.87. The molecule has 1 fully saturated rings. The molecule has 9 nitrogen and oxygen atoms in total. The van der Waals surface area contributed by atoms with Crippen LogP contribution in [0.15, 0.2) is 39.8 Å². The molecule has 0 radical (unpaired) electrons. The van der Waals surface area contributed by atoms with Gasteiger partial charge in [0, 0.05) is 25.1 Å². The van der Waals surface area contributed by atoms with Gasteiger partial charge >= 0.3 is 0 Å². The Balaban J connectivity index is 1.62. The standard InChI is InChI=1S/C21H27FN4O5S/c1-13(2)19(25-32(29,30)17-7-5-4-6-16(17)22)21(28)26-10-8-15(9-11-26)20(27)23-18-12-14(3)31-24-18/h4-7,12-13,15,19,25H,8-11H2,1-3H3,(H,23,24,27)/t19-/m0/s1. The number of amides is 2. The van der Waals surface area contributed by atoms with Crippen LogP contribution in [0.5, 0.6) is 0 Å². The Bertz CT molecular complexity index is 1080. The number of hydrogen-bond donors (Lipinski definition) is 2. The predicted molar refractivity (Wildman–Crippen MR) is 115 cm³/mol. The summed E-state index contributed by atoms with van der Waals surface area (Å²) in [6.07, 6.45) is 0.860. The number of carbonyl (C=O) groups is 2. The van der Waals surface area contributed by atoms with Gasteiger partial charge in [-0.3, -0.25) is 9.59 Å². The van der Waals surface area contributed by atoms with Gasteiger partial charge in [0.15, 0.2) is 5.82 Å². The van der Waals surface area contributed by atoms with Gasteiger partial charge in [-0.05, 0) is 37.8 Å². The molecule has 32 heavy (non-hydrogen) atoms. The number of likely N-dealkylation sites (tertiary alicyclic amines) is 1. The first-order valence-corrected chi connectivity index (χ1v) is 11.9. The molecule has 174 valence electrons. The Morgan fingerprint density at radius 1 is 1.22 bits per heavy atom. The zero-order valence-corrected chi connectivity index (χ0v) is 19.0. The Labute approximate surface area is 186 Å². The van der Waals surface area contributed by atoms with Gasteiger partial charge in [0.05, 0.1) is 0 Å². The normalized spacial score (nSPS) is 16.2. The van der Waals surface area contributed by atoms with Crippen molar-refractivity contribution in [1.82, 2.24) is 14.8 Å². The highest BCUT2D eigenvalue weighted by Crippen LogP contribution is 2.22. The number of piperidine rings is 1. The largest absolute Gasteiger partial charge is 0.360 e. The minimum Gasteiger partial charge on any atom is -0.360 e. The van der Waals surface area contributed by atoms with Crippen molar-refractivity contribution in [1.29, 1.82) is 0 Å². The van der Waals surface area contributed by atoms with Gasteiger partial charge in [0.1, 0.15) is 22.5 Å². The van der Waals surface area contributed by atoms with E-state index in [1.807, 2.05) is 0 Å². The highest BCUT2D eigenvalue weighted by Gasteiger charge is 2.35. The Morgan fingerprint density at radius 2 is 1.88 bits per heavy atom. The molecule has 3 rings (SSSR count). The molecule has 1 aromatic carbocycles. The maximum atomic E-state index is 14.0. The lowest BCUT2D eigenvalue weighted by molar-refractivity contribution is -0.137. The van der Waals surface area contributed by atoms with Crippen molar-refractivity contribution in [3.8, 4) is 0 Å². The second-order valence-corrected chi connectivity index (χ2v) is 9.87. The van der Waals surface area contributed by atoms with E-state index in [0.29, 0.717) is 37.5 Å². The molecule has 2 aromatic rings. The third-order valence-electron chi connectivity index (χ3n) is 5.40. The molecule has 1 atom stereocenters. The van der Waals surface area contributed by atoms with Gasteiger partial charge in [0.25, 0.3) is 0 Å². The number of aryl methyl sites for hydroxylation is 1. The molecule has 0 unspecified atom stereocenters. The number of rotatable bonds is 7. The van der Waals surface area contributed by atoms with Crippen LogP contribution in [-0.4, -0.2) is 49.4 Å². The average molecular weight is 467 g/mol. The molecule has 0 aliphatic carbocycles. The summed E-state index contributed by atoms with van der Waals surface area (Å²) in [6.45, 7) is 5.76. The molecule has 1 aliphatic heterocycles.